The van der Waals surface area contributed by atoms with Crippen molar-refractivity contribution in [2.75, 3.05) is 5.75 Å². The topological polar surface area (TPSA) is 290 Å². The molecular formula is C42H53N7O11S. The van der Waals surface area contributed by atoms with Crippen LogP contribution in [0.5, 0.6) is 5.75 Å². The fraction of sp³-hybridized carbons (Fsp3) is 0.381. The molecule has 0 spiro atoms. The maximum atomic E-state index is 14.3. The molecule has 6 atom stereocenters. The lowest BCUT2D eigenvalue weighted by Crippen LogP contribution is -2.61. The van der Waals surface area contributed by atoms with Crippen molar-refractivity contribution in [2.24, 2.45) is 17.4 Å². The minimum atomic E-state index is -1.75. The number of hydrogen-bond donors (Lipinski definition) is 9. The molecule has 7 amide bonds. The molecule has 0 heterocycles. The lowest BCUT2D eigenvalue weighted by Gasteiger charge is -2.32. The van der Waals surface area contributed by atoms with Gasteiger partial charge in [-0.15, -0.1) is 0 Å². The highest BCUT2D eigenvalue weighted by Gasteiger charge is 2.36. The molecule has 61 heavy (non-hydrogen) atoms. The largest absolute Gasteiger partial charge is 0.508 e. The second-order valence-electron chi connectivity index (χ2n) is 14.3. The van der Waals surface area contributed by atoms with E-state index in [0.29, 0.717) is 23.1 Å². The van der Waals surface area contributed by atoms with Crippen molar-refractivity contribution in [2.45, 2.75) is 89.3 Å². The van der Waals surface area contributed by atoms with Gasteiger partial charge in [0.05, 0.1) is 6.42 Å². The Hall–Kier alpha value is -6.63. The number of carbonyl (C=O) groups excluding carboxylic acids is 7. The van der Waals surface area contributed by atoms with Gasteiger partial charge in [-0.2, -0.15) is 12.6 Å². The van der Waals surface area contributed by atoms with Crippen molar-refractivity contribution in [3.8, 4) is 5.75 Å². The number of nitrogens with two attached hydrogens (primary N) is 2. The number of thiol groups is 1. The minimum Gasteiger partial charge on any atom is -0.508 e. The van der Waals surface area contributed by atoms with Gasteiger partial charge in [-0.25, -0.2) is 9.59 Å². The van der Waals surface area contributed by atoms with E-state index in [-0.39, 0.29) is 37.5 Å². The zero-order chi connectivity index (χ0) is 45.1. The number of phenolic OH excluding ortho intramolecular Hbond substituents is 1. The van der Waals surface area contributed by atoms with Crippen LogP contribution in [-0.4, -0.2) is 98.6 Å². The first kappa shape index (κ1) is 48.7. The summed E-state index contributed by atoms with van der Waals surface area (Å²) >= 11 is 4.42. The number of carbonyl (C=O) groups is 8. The minimum absolute atomic E-state index is 0.0535. The van der Waals surface area contributed by atoms with Crippen molar-refractivity contribution in [3.05, 3.63) is 102 Å². The standard InChI is InChI=1S/C42H53N7O11S/c1-3-25(2)36(40(56)45-30(18-19-34(43)51)37(53)47-32(41(57)58)21-35(44)52)48-38(54)31(20-26-14-16-29(50)17-15-26)46-39(55)33(24-61)49(22-27-10-6-4-7-11-27)42(59)60-23-28-12-8-5-9-13-28/h4-17,25,30-33,36,50,61H,3,18-24H2,1-2H3,(H2,43,51)(H2,44,52)(H,45,56)(H,46,55)(H,47,53)(H,48,54)(H,57,58)/t25-,30-,31-,32-,33-,36-/m0/s1. The number of hydrogen-bond acceptors (Lipinski definition) is 11. The van der Waals surface area contributed by atoms with Crippen LogP contribution in [0.1, 0.15) is 56.2 Å². The molecule has 0 bridgehead atoms. The normalized spacial score (nSPS) is 13.8. The van der Waals surface area contributed by atoms with Gasteiger partial charge in [-0.1, -0.05) is 93.1 Å². The predicted octanol–water partition coefficient (Wildman–Crippen LogP) is 1.28. The summed E-state index contributed by atoms with van der Waals surface area (Å²) in [6.45, 7) is 3.23. The molecule has 328 valence electrons. The van der Waals surface area contributed by atoms with Crippen LogP contribution in [-0.2, 0) is 57.9 Å². The van der Waals surface area contributed by atoms with E-state index in [1.807, 2.05) is 6.07 Å². The summed E-state index contributed by atoms with van der Waals surface area (Å²) < 4.78 is 5.62. The number of rotatable bonds is 24. The van der Waals surface area contributed by atoms with Gasteiger partial charge in [-0.3, -0.25) is 33.7 Å². The Morgan fingerprint density at radius 2 is 1.26 bits per heavy atom. The highest BCUT2D eigenvalue weighted by Crippen LogP contribution is 2.17. The number of ether oxygens (including phenoxy) is 1. The van der Waals surface area contributed by atoms with Crippen LogP contribution in [0.4, 0.5) is 4.79 Å². The van der Waals surface area contributed by atoms with E-state index < -0.39 is 96.5 Å². The number of phenols is 1. The van der Waals surface area contributed by atoms with E-state index in [9.17, 15) is 48.6 Å². The first-order valence-electron chi connectivity index (χ1n) is 19.4. The lowest BCUT2D eigenvalue weighted by molar-refractivity contribution is -0.144. The molecule has 0 saturated carbocycles. The van der Waals surface area contributed by atoms with Crippen molar-refractivity contribution in [1.82, 2.24) is 26.2 Å². The van der Waals surface area contributed by atoms with Crippen molar-refractivity contribution < 1.29 is 53.3 Å². The number of carboxylic acids is 1. The number of primary amides is 2. The van der Waals surface area contributed by atoms with Crippen molar-refractivity contribution in [3.63, 3.8) is 0 Å². The van der Waals surface area contributed by atoms with Gasteiger partial charge >= 0.3 is 12.1 Å². The summed E-state index contributed by atoms with van der Waals surface area (Å²) in [4.78, 5) is 105. The average molecular weight is 864 g/mol. The lowest BCUT2D eigenvalue weighted by atomic mass is 9.96. The molecule has 0 fully saturated rings. The third kappa shape index (κ3) is 16.2. The number of aromatic hydroxyl groups is 1. The Morgan fingerprint density at radius 3 is 1.80 bits per heavy atom. The monoisotopic (exact) mass is 863 g/mol. The molecule has 3 aromatic rings. The molecule has 0 unspecified atom stereocenters. The van der Waals surface area contributed by atoms with E-state index in [4.69, 9.17) is 16.2 Å². The van der Waals surface area contributed by atoms with Gasteiger partial charge in [0.25, 0.3) is 0 Å². The fourth-order valence-electron chi connectivity index (χ4n) is 6.00. The van der Waals surface area contributed by atoms with Gasteiger partial charge < -0.3 is 47.7 Å². The van der Waals surface area contributed by atoms with Gasteiger partial charge in [0.15, 0.2) is 0 Å². The van der Waals surface area contributed by atoms with E-state index in [1.54, 1.807) is 68.4 Å². The number of nitrogens with zero attached hydrogens (tertiary/aromatic N) is 1. The molecular weight excluding hydrogens is 811 g/mol. The van der Waals surface area contributed by atoms with Crippen LogP contribution in [0.15, 0.2) is 84.9 Å². The Bertz CT molecular complexity index is 1970. The highest BCUT2D eigenvalue weighted by atomic mass is 32.1. The number of benzene rings is 3. The second kappa shape index (κ2) is 24.5. The van der Waals surface area contributed by atoms with Crippen LogP contribution in [0.25, 0.3) is 0 Å². The molecule has 19 heteroatoms. The Balaban J connectivity index is 1.94. The third-order valence-electron chi connectivity index (χ3n) is 9.62. The first-order valence-corrected chi connectivity index (χ1v) is 20.1. The molecule has 18 nitrogen and oxygen atoms in total. The van der Waals surface area contributed by atoms with E-state index in [0.717, 1.165) is 0 Å². The molecule has 0 aliphatic rings. The van der Waals surface area contributed by atoms with Gasteiger partial charge in [0.2, 0.25) is 35.4 Å². The molecule has 0 aliphatic heterocycles. The highest BCUT2D eigenvalue weighted by molar-refractivity contribution is 7.80. The molecule has 0 radical (unpaired) electrons. The second-order valence-corrected chi connectivity index (χ2v) is 14.7. The summed E-state index contributed by atoms with van der Waals surface area (Å²) in [6, 6.07) is 16.3. The van der Waals surface area contributed by atoms with Gasteiger partial charge in [0.1, 0.15) is 42.6 Å². The smallest absolute Gasteiger partial charge is 0.411 e. The van der Waals surface area contributed by atoms with E-state index >= 15 is 0 Å². The van der Waals surface area contributed by atoms with Crippen LogP contribution < -0.4 is 32.7 Å². The summed E-state index contributed by atoms with van der Waals surface area (Å²) in [5, 5.41) is 29.4. The van der Waals surface area contributed by atoms with Crippen LogP contribution in [0.3, 0.4) is 0 Å². The molecule has 10 N–H and O–H groups in total. The van der Waals surface area contributed by atoms with Crippen LogP contribution in [0.2, 0.25) is 0 Å². The number of amides is 7. The Labute approximate surface area is 358 Å². The average Bonchev–Trinajstić information content (AvgIpc) is 3.23. The SMILES string of the molecule is CC[C@H](C)[C@H](NC(=O)[C@H](Cc1ccc(O)cc1)NC(=O)[C@H](CS)N(Cc1ccccc1)C(=O)OCc1ccccc1)C(=O)N[C@@H](CCC(N)=O)C(=O)N[C@@H](CC(N)=O)C(=O)O. The van der Waals surface area contributed by atoms with Crippen LogP contribution >= 0.6 is 12.6 Å². The third-order valence-corrected chi connectivity index (χ3v) is 9.97. The van der Waals surface area contributed by atoms with Crippen LogP contribution in [0, 0.1) is 5.92 Å². The summed E-state index contributed by atoms with van der Waals surface area (Å²) in [6.07, 6.45) is -2.18. The number of nitrogens with one attached hydrogen (secondary N) is 4. The predicted molar refractivity (Wildman–Crippen MR) is 225 cm³/mol. The molecule has 3 aromatic carbocycles. The number of aliphatic carboxylic acids is 1. The first-order chi connectivity index (χ1) is 29.0. The molecule has 0 aromatic heterocycles. The van der Waals surface area contributed by atoms with Crippen molar-refractivity contribution >= 4 is 60.1 Å². The maximum Gasteiger partial charge on any atom is 0.411 e. The fourth-order valence-corrected chi connectivity index (χ4v) is 6.36. The summed E-state index contributed by atoms with van der Waals surface area (Å²) in [5.41, 5.74) is 12.3. The molecule has 0 aliphatic carbocycles. The van der Waals surface area contributed by atoms with E-state index in [2.05, 4.69) is 33.9 Å². The van der Waals surface area contributed by atoms with Crippen molar-refractivity contribution in [1.29, 1.82) is 0 Å². The quantitative estimate of drug-likeness (QED) is 0.0579. The maximum absolute atomic E-state index is 14.3. The zero-order valence-electron chi connectivity index (χ0n) is 33.8. The molecule has 3 rings (SSSR count). The number of carboxylic acid groups (broad SMARTS) is 1. The Morgan fingerprint density at radius 1 is 0.705 bits per heavy atom. The van der Waals surface area contributed by atoms with Gasteiger partial charge in [-0.05, 0) is 41.2 Å². The van der Waals surface area contributed by atoms with E-state index in [1.165, 1.54) is 29.2 Å². The van der Waals surface area contributed by atoms with Gasteiger partial charge in [0, 0.05) is 25.1 Å². The molecule has 0 saturated heterocycles. The summed E-state index contributed by atoms with van der Waals surface area (Å²) in [7, 11) is 0. The Kier molecular flexibility index (Phi) is 19.5. The summed E-state index contributed by atoms with van der Waals surface area (Å²) in [5.74, 6) is -7.85. The zero-order valence-corrected chi connectivity index (χ0v) is 34.7.